The number of thiazole rings is 1. The van der Waals surface area contributed by atoms with E-state index in [-0.39, 0.29) is 0 Å². The van der Waals surface area contributed by atoms with Crippen LogP contribution in [0.3, 0.4) is 0 Å². The Kier molecular flexibility index (Phi) is 4.86. The van der Waals surface area contributed by atoms with E-state index in [0.29, 0.717) is 12.0 Å². The summed E-state index contributed by atoms with van der Waals surface area (Å²) in [6.45, 7) is 5.34. The maximum atomic E-state index is 4.35. The fraction of sp³-hybridized carbons (Fsp3) is 0.529. The Labute approximate surface area is 136 Å². The van der Waals surface area contributed by atoms with Crippen molar-refractivity contribution in [3.63, 3.8) is 0 Å². The fourth-order valence-corrected chi connectivity index (χ4v) is 4.38. The summed E-state index contributed by atoms with van der Waals surface area (Å²) in [5.41, 5.74) is 1.34. The Bertz CT molecular complexity index is 598. The van der Waals surface area contributed by atoms with Gasteiger partial charge in [-0.1, -0.05) is 6.07 Å². The number of pyridine rings is 1. The summed E-state index contributed by atoms with van der Waals surface area (Å²) >= 11 is 1.80. The second-order valence-electron chi connectivity index (χ2n) is 6.30. The molecule has 3 heterocycles. The van der Waals surface area contributed by atoms with Gasteiger partial charge in [0, 0.05) is 42.6 Å². The Hall–Kier alpha value is -1.30. The van der Waals surface area contributed by atoms with Gasteiger partial charge in [-0.3, -0.25) is 9.88 Å². The molecule has 118 valence electrons. The van der Waals surface area contributed by atoms with Gasteiger partial charge in [-0.2, -0.15) is 0 Å². The van der Waals surface area contributed by atoms with E-state index in [2.05, 4.69) is 46.9 Å². The number of nitrogens with zero attached hydrogens (tertiary/aromatic N) is 4. The largest absolute Gasteiger partial charge is 0.301 e. The van der Waals surface area contributed by atoms with E-state index >= 15 is 0 Å². The van der Waals surface area contributed by atoms with Crippen molar-refractivity contribution in [2.24, 2.45) is 5.92 Å². The van der Waals surface area contributed by atoms with Gasteiger partial charge in [0.25, 0.3) is 0 Å². The molecule has 0 aliphatic carbocycles. The molecule has 2 aromatic heterocycles. The first-order valence-electron chi connectivity index (χ1n) is 7.83. The highest BCUT2D eigenvalue weighted by atomic mass is 32.1. The molecule has 2 aromatic rings. The molecule has 3 rings (SSSR count). The van der Waals surface area contributed by atoms with Gasteiger partial charge >= 0.3 is 0 Å². The molecule has 1 saturated heterocycles. The number of aryl methyl sites for hydroxylation is 1. The summed E-state index contributed by atoms with van der Waals surface area (Å²) < 4.78 is 0. The minimum absolute atomic E-state index is 0.486. The van der Waals surface area contributed by atoms with E-state index in [1.807, 2.05) is 24.7 Å². The molecule has 0 amide bonds. The zero-order chi connectivity index (χ0) is 15.5. The smallest absolute Gasteiger partial charge is 0.0897 e. The molecule has 2 atom stereocenters. The summed E-state index contributed by atoms with van der Waals surface area (Å²) in [6, 6.07) is 4.74. The lowest BCUT2D eigenvalue weighted by molar-refractivity contribution is 0.214. The van der Waals surface area contributed by atoms with Crippen molar-refractivity contribution in [2.45, 2.75) is 25.9 Å². The summed E-state index contributed by atoms with van der Waals surface area (Å²) in [5.74, 6) is 0.660. The minimum atomic E-state index is 0.486. The van der Waals surface area contributed by atoms with E-state index in [4.69, 9.17) is 0 Å². The molecule has 1 fully saturated rings. The van der Waals surface area contributed by atoms with Crippen molar-refractivity contribution < 1.29 is 0 Å². The number of aromatic nitrogens is 2. The van der Waals surface area contributed by atoms with Gasteiger partial charge < -0.3 is 4.90 Å². The van der Waals surface area contributed by atoms with E-state index in [9.17, 15) is 0 Å². The van der Waals surface area contributed by atoms with Crippen LogP contribution in [0, 0.1) is 12.8 Å². The lowest BCUT2D eigenvalue weighted by atomic mass is 9.94. The summed E-state index contributed by atoms with van der Waals surface area (Å²) in [4.78, 5) is 14.9. The Morgan fingerprint density at radius 3 is 2.95 bits per heavy atom. The van der Waals surface area contributed by atoms with Crippen molar-refractivity contribution in [2.75, 3.05) is 27.2 Å². The molecular formula is C17H24N4S. The van der Waals surface area contributed by atoms with E-state index in [1.165, 1.54) is 16.9 Å². The fourth-order valence-electron chi connectivity index (χ4n) is 3.50. The van der Waals surface area contributed by atoms with Gasteiger partial charge in [-0.25, -0.2) is 4.98 Å². The quantitative estimate of drug-likeness (QED) is 0.849. The molecule has 0 spiro atoms. The van der Waals surface area contributed by atoms with Gasteiger partial charge in [0.15, 0.2) is 0 Å². The van der Waals surface area contributed by atoms with Crippen molar-refractivity contribution in [1.82, 2.24) is 19.8 Å². The summed E-state index contributed by atoms with van der Waals surface area (Å²) in [6.07, 6.45) is 7.13. The first-order chi connectivity index (χ1) is 10.6. The Balaban J connectivity index is 1.65. The van der Waals surface area contributed by atoms with Crippen molar-refractivity contribution in [3.05, 3.63) is 46.2 Å². The van der Waals surface area contributed by atoms with Crippen LogP contribution in [0.4, 0.5) is 0 Å². The van der Waals surface area contributed by atoms with Crippen LogP contribution >= 0.6 is 11.3 Å². The zero-order valence-corrected chi connectivity index (χ0v) is 14.4. The van der Waals surface area contributed by atoms with Crippen LogP contribution < -0.4 is 0 Å². The normalized spacial score (nSPS) is 22.5. The second kappa shape index (κ2) is 6.86. The first kappa shape index (κ1) is 15.6. The predicted octanol–water partition coefficient (Wildman–Crippen LogP) is 2.97. The molecule has 1 aliphatic rings. The van der Waals surface area contributed by atoms with E-state index in [1.54, 1.807) is 11.3 Å². The molecule has 0 saturated carbocycles. The van der Waals surface area contributed by atoms with Gasteiger partial charge in [0.1, 0.15) is 0 Å². The van der Waals surface area contributed by atoms with Crippen LogP contribution in [0.5, 0.6) is 0 Å². The molecular weight excluding hydrogens is 292 g/mol. The molecule has 0 unspecified atom stereocenters. The molecule has 0 radical (unpaired) electrons. The lowest BCUT2D eigenvalue weighted by Crippen LogP contribution is -2.29. The van der Waals surface area contributed by atoms with E-state index in [0.717, 1.165) is 24.6 Å². The number of rotatable bonds is 5. The van der Waals surface area contributed by atoms with Crippen molar-refractivity contribution in [1.29, 1.82) is 0 Å². The van der Waals surface area contributed by atoms with Crippen LogP contribution in [0.2, 0.25) is 0 Å². The number of hydrogen-bond donors (Lipinski definition) is 0. The number of hydrogen-bond acceptors (Lipinski definition) is 5. The third-order valence-corrected chi connectivity index (χ3v) is 5.34. The van der Waals surface area contributed by atoms with Crippen LogP contribution in [0.25, 0.3) is 0 Å². The molecule has 5 heteroatoms. The monoisotopic (exact) mass is 316 g/mol. The molecule has 4 nitrogen and oxygen atoms in total. The third-order valence-electron chi connectivity index (χ3n) is 4.44. The van der Waals surface area contributed by atoms with Crippen LogP contribution in [0.15, 0.2) is 30.7 Å². The van der Waals surface area contributed by atoms with Gasteiger partial charge in [0.2, 0.25) is 0 Å². The number of likely N-dealkylation sites (tertiary alicyclic amines) is 1. The molecule has 1 aliphatic heterocycles. The van der Waals surface area contributed by atoms with Crippen molar-refractivity contribution in [3.8, 4) is 0 Å². The molecule has 0 aromatic carbocycles. The molecule has 22 heavy (non-hydrogen) atoms. The summed E-state index contributed by atoms with van der Waals surface area (Å²) in [7, 11) is 4.44. The van der Waals surface area contributed by atoms with Gasteiger partial charge in [-0.05, 0) is 51.5 Å². The van der Waals surface area contributed by atoms with Gasteiger partial charge in [0.05, 0.1) is 5.01 Å². The topological polar surface area (TPSA) is 32.3 Å². The second-order valence-corrected chi connectivity index (χ2v) is 7.62. The lowest BCUT2D eigenvalue weighted by Gasteiger charge is -2.28. The predicted molar refractivity (Wildman–Crippen MR) is 90.9 cm³/mol. The summed E-state index contributed by atoms with van der Waals surface area (Å²) in [5, 5.41) is 1.15. The molecule has 0 bridgehead atoms. The average molecular weight is 316 g/mol. The zero-order valence-electron chi connectivity index (χ0n) is 13.6. The maximum Gasteiger partial charge on any atom is 0.0897 e. The minimum Gasteiger partial charge on any atom is -0.301 e. The van der Waals surface area contributed by atoms with Crippen LogP contribution in [-0.4, -0.2) is 47.0 Å². The highest BCUT2D eigenvalue weighted by Gasteiger charge is 2.33. The van der Waals surface area contributed by atoms with E-state index < -0.39 is 0 Å². The van der Waals surface area contributed by atoms with Crippen LogP contribution in [-0.2, 0) is 6.54 Å². The highest BCUT2D eigenvalue weighted by molar-refractivity contribution is 7.11. The van der Waals surface area contributed by atoms with Crippen LogP contribution in [0.1, 0.15) is 27.9 Å². The SMILES string of the molecule is Cc1ncc(CN(C)C[C@@H]2CCN(C)[C@H]2c2cccnc2)s1. The maximum absolute atomic E-state index is 4.35. The highest BCUT2D eigenvalue weighted by Crippen LogP contribution is 2.36. The first-order valence-corrected chi connectivity index (χ1v) is 8.65. The third kappa shape index (κ3) is 3.54. The van der Waals surface area contributed by atoms with Gasteiger partial charge in [-0.15, -0.1) is 11.3 Å². The van der Waals surface area contributed by atoms with Crippen molar-refractivity contribution >= 4 is 11.3 Å². The standard InChI is InChI=1S/C17H24N4S/c1-13-19-10-16(22-13)12-20(2)11-15-6-8-21(3)17(15)14-5-4-7-18-9-14/h4-5,7,9-10,15,17H,6,8,11-12H2,1-3H3/t15-,17-/m0/s1. The Morgan fingerprint density at radius 1 is 1.41 bits per heavy atom. The Morgan fingerprint density at radius 2 is 2.27 bits per heavy atom. The molecule has 0 N–H and O–H groups in total. The average Bonchev–Trinajstić information content (AvgIpc) is 3.06.